The zero-order valence-electron chi connectivity index (χ0n) is 18.6. The van der Waals surface area contributed by atoms with E-state index >= 15 is 0 Å². The number of rotatable bonds is 5. The summed E-state index contributed by atoms with van der Waals surface area (Å²) < 4.78 is 0. The summed E-state index contributed by atoms with van der Waals surface area (Å²) in [4.78, 5) is 25.2. The van der Waals surface area contributed by atoms with Gasteiger partial charge in [-0.15, -0.1) is 5.10 Å². The highest BCUT2D eigenvalue weighted by atomic mass is 16.1. The molecule has 0 saturated heterocycles. The Bertz CT molecular complexity index is 1710. The fourth-order valence-electron chi connectivity index (χ4n) is 4.53. The molecule has 0 unspecified atom stereocenters. The molecular formula is C27H21N7O. The molecule has 0 bridgehead atoms. The van der Waals surface area contributed by atoms with Crippen LogP contribution in [0.1, 0.15) is 22.9 Å². The predicted molar refractivity (Wildman–Crippen MR) is 136 cm³/mol. The van der Waals surface area contributed by atoms with Crippen molar-refractivity contribution in [3.05, 3.63) is 112 Å². The van der Waals surface area contributed by atoms with Crippen LogP contribution in [0.4, 0.5) is 5.82 Å². The van der Waals surface area contributed by atoms with Gasteiger partial charge >= 0.3 is 0 Å². The van der Waals surface area contributed by atoms with Crippen molar-refractivity contribution in [2.45, 2.75) is 12.3 Å². The first kappa shape index (κ1) is 20.7. The Morgan fingerprint density at radius 1 is 0.857 bits per heavy atom. The SMILES string of the molecule is Nc1cc([C@H](Cc2nc3ccc(-c4ccccc4)cc3c(=O)[nH]2)c2ccccc2)c2nn[nH]c2n1. The van der Waals surface area contributed by atoms with Crippen molar-refractivity contribution in [2.24, 2.45) is 0 Å². The highest BCUT2D eigenvalue weighted by Crippen LogP contribution is 2.32. The number of anilines is 1. The van der Waals surface area contributed by atoms with Crippen LogP contribution < -0.4 is 11.3 Å². The number of H-pyrrole nitrogens is 2. The van der Waals surface area contributed by atoms with Gasteiger partial charge in [0.25, 0.3) is 5.56 Å². The second kappa shape index (κ2) is 8.49. The predicted octanol–water partition coefficient (Wildman–Crippen LogP) is 4.21. The second-order valence-electron chi connectivity index (χ2n) is 8.42. The molecule has 0 radical (unpaired) electrons. The normalized spacial score (nSPS) is 12.2. The van der Waals surface area contributed by atoms with Crippen LogP contribution >= 0.6 is 0 Å². The molecule has 0 aliphatic heterocycles. The number of pyridine rings is 1. The zero-order chi connectivity index (χ0) is 23.8. The molecule has 0 fully saturated rings. The summed E-state index contributed by atoms with van der Waals surface area (Å²) in [7, 11) is 0. The lowest BCUT2D eigenvalue weighted by Crippen LogP contribution is -2.16. The van der Waals surface area contributed by atoms with Gasteiger partial charge in [0.1, 0.15) is 17.2 Å². The standard InChI is InChI=1S/C27H21N7O/c28-23-14-20(25-26(30-23)33-34-32-25)19(17-9-5-2-6-10-17)15-24-29-22-12-11-18(13-21(22)27(35)31-24)16-7-3-1-4-8-16/h1-14,19H,15H2,(H,29,31,35)(H3,28,30,32,33,34)/t19-/m1/s1. The van der Waals surface area contributed by atoms with E-state index in [2.05, 4.69) is 25.4 Å². The summed E-state index contributed by atoms with van der Waals surface area (Å²) >= 11 is 0. The molecule has 0 amide bonds. The zero-order valence-corrected chi connectivity index (χ0v) is 18.6. The van der Waals surface area contributed by atoms with Crippen LogP contribution in [0.3, 0.4) is 0 Å². The van der Waals surface area contributed by atoms with Gasteiger partial charge in [0, 0.05) is 12.3 Å². The van der Waals surface area contributed by atoms with Crippen LogP contribution in [0.2, 0.25) is 0 Å². The van der Waals surface area contributed by atoms with Crippen LogP contribution in [0.15, 0.2) is 89.7 Å². The number of nitrogen functional groups attached to an aromatic ring is 1. The molecule has 0 saturated carbocycles. The van der Waals surface area contributed by atoms with Gasteiger partial charge < -0.3 is 10.7 Å². The minimum Gasteiger partial charge on any atom is -0.384 e. The third kappa shape index (κ3) is 3.91. The Labute approximate surface area is 199 Å². The number of nitrogens with zero attached hydrogens (tertiary/aromatic N) is 4. The number of nitrogens with one attached hydrogen (secondary N) is 2. The van der Waals surface area contributed by atoms with Crippen molar-refractivity contribution in [2.75, 3.05) is 5.73 Å². The van der Waals surface area contributed by atoms with Gasteiger partial charge in [0.05, 0.1) is 10.9 Å². The van der Waals surface area contributed by atoms with Crippen molar-refractivity contribution in [3.63, 3.8) is 0 Å². The van der Waals surface area contributed by atoms with Crippen molar-refractivity contribution >= 4 is 27.9 Å². The van der Waals surface area contributed by atoms with Crippen LogP contribution in [0.5, 0.6) is 0 Å². The maximum atomic E-state index is 13.1. The van der Waals surface area contributed by atoms with E-state index in [1.165, 1.54) is 0 Å². The Kier molecular flexibility index (Phi) is 5.03. The lowest BCUT2D eigenvalue weighted by atomic mass is 9.88. The van der Waals surface area contributed by atoms with Crippen LogP contribution in [0.25, 0.3) is 33.2 Å². The topological polar surface area (TPSA) is 126 Å². The van der Waals surface area contributed by atoms with E-state index in [0.29, 0.717) is 40.1 Å². The van der Waals surface area contributed by atoms with E-state index in [0.717, 1.165) is 22.3 Å². The highest BCUT2D eigenvalue weighted by molar-refractivity contribution is 5.84. The third-order valence-electron chi connectivity index (χ3n) is 6.18. The third-order valence-corrected chi connectivity index (χ3v) is 6.18. The number of benzene rings is 3. The molecule has 35 heavy (non-hydrogen) atoms. The lowest BCUT2D eigenvalue weighted by molar-refractivity contribution is 0.758. The summed E-state index contributed by atoms with van der Waals surface area (Å²) in [5.74, 6) is 0.780. The molecule has 0 aliphatic rings. The van der Waals surface area contributed by atoms with Crippen LogP contribution in [-0.2, 0) is 6.42 Å². The Balaban J connectivity index is 1.45. The average Bonchev–Trinajstić information content (AvgIpc) is 3.36. The van der Waals surface area contributed by atoms with Gasteiger partial charge in [-0.05, 0) is 40.5 Å². The minimum atomic E-state index is -0.171. The molecule has 8 nitrogen and oxygen atoms in total. The van der Waals surface area contributed by atoms with Gasteiger partial charge in [-0.3, -0.25) is 4.79 Å². The van der Waals surface area contributed by atoms with Crippen molar-refractivity contribution in [1.29, 1.82) is 0 Å². The molecule has 3 aromatic carbocycles. The number of hydrogen-bond acceptors (Lipinski definition) is 6. The first-order valence-electron chi connectivity index (χ1n) is 11.3. The summed E-state index contributed by atoms with van der Waals surface area (Å²) in [6, 6.07) is 27.6. The number of hydrogen-bond donors (Lipinski definition) is 3. The summed E-state index contributed by atoms with van der Waals surface area (Å²) in [6.07, 6.45) is 0.445. The van der Waals surface area contributed by atoms with E-state index in [4.69, 9.17) is 10.7 Å². The fourth-order valence-corrected chi connectivity index (χ4v) is 4.53. The van der Waals surface area contributed by atoms with Gasteiger partial charge in [0.15, 0.2) is 5.65 Å². The molecule has 3 aromatic heterocycles. The maximum Gasteiger partial charge on any atom is 0.258 e. The molecule has 170 valence electrons. The Morgan fingerprint density at radius 3 is 2.43 bits per heavy atom. The van der Waals surface area contributed by atoms with Gasteiger partial charge in [-0.2, -0.15) is 0 Å². The minimum absolute atomic E-state index is 0.168. The molecule has 3 heterocycles. The first-order chi connectivity index (χ1) is 17.2. The van der Waals surface area contributed by atoms with Gasteiger partial charge in [-0.1, -0.05) is 71.9 Å². The van der Waals surface area contributed by atoms with E-state index in [9.17, 15) is 4.79 Å². The molecule has 6 rings (SSSR count). The molecule has 1 atom stereocenters. The summed E-state index contributed by atoms with van der Waals surface area (Å²) in [6.45, 7) is 0. The number of fused-ring (bicyclic) bond motifs is 2. The number of aromatic nitrogens is 6. The summed E-state index contributed by atoms with van der Waals surface area (Å²) in [5.41, 5.74) is 11.7. The highest BCUT2D eigenvalue weighted by Gasteiger charge is 2.22. The first-order valence-corrected chi connectivity index (χ1v) is 11.3. The monoisotopic (exact) mass is 459 g/mol. The Morgan fingerprint density at radius 2 is 1.63 bits per heavy atom. The molecule has 0 aliphatic carbocycles. The van der Waals surface area contributed by atoms with Crippen LogP contribution in [0, 0.1) is 0 Å². The fraction of sp³-hybridized carbons (Fsp3) is 0.0741. The molecule has 4 N–H and O–H groups in total. The van der Waals surface area contributed by atoms with E-state index in [1.807, 2.05) is 84.9 Å². The van der Waals surface area contributed by atoms with E-state index < -0.39 is 0 Å². The van der Waals surface area contributed by atoms with E-state index in [-0.39, 0.29) is 11.5 Å². The number of aromatic amines is 2. The van der Waals surface area contributed by atoms with E-state index in [1.54, 1.807) is 0 Å². The lowest BCUT2D eigenvalue weighted by Gasteiger charge is -2.18. The van der Waals surface area contributed by atoms with Crippen LogP contribution in [-0.4, -0.2) is 30.4 Å². The van der Waals surface area contributed by atoms with Crippen molar-refractivity contribution in [1.82, 2.24) is 30.4 Å². The molecule has 8 heteroatoms. The molecular weight excluding hydrogens is 438 g/mol. The maximum absolute atomic E-state index is 13.1. The molecule has 6 aromatic rings. The average molecular weight is 460 g/mol. The second-order valence-corrected chi connectivity index (χ2v) is 8.42. The van der Waals surface area contributed by atoms with Crippen molar-refractivity contribution < 1.29 is 0 Å². The van der Waals surface area contributed by atoms with Gasteiger partial charge in [-0.25, -0.2) is 15.1 Å². The molecule has 0 spiro atoms. The van der Waals surface area contributed by atoms with Gasteiger partial charge in [0.2, 0.25) is 0 Å². The summed E-state index contributed by atoms with van der Waals surface area (Å²) in [5, 5.41) is 11.5. The number of nitrogens with two attached hydrogens (primary N) is 1. The Hall–Kier alpha value is -4.85. The largest absolute Gasteiger partial charge is 0.384 e. The smallest absolute Gasteiger partial charge is 0.258 e. The quantitative estimate of drug-likeness (QED) is 0.354. The van der Waals surface area contributed by atoms with Crippen molar-refractivity contribution in [3.8, 4) is 11.1 Å².